The van der Waals surface area contributed by atoms with E-state index < -0.39 is 0 Å². The quantitative estimate of drug-likeness (QED) is 0.627. The minimum absolute atomic E-state index is 0.0698. The number of carbonyl (C=O) groups excluding carboxylic acids is 1. The normalized spacial score (nSPS) is 26.7. The Morgan fingerprint density at radius 1 is 1.23 bits per heavy atom. The molecule has 74 valence electrons. The fraction of sp³-hybridized carbons (Fsp3) is 0.889. The second-order valence-electron chi connectivity index (χ2n) is 4.08. The summed E-state index contributed by atoms with van der Waals surface area (Å²) in [6.07, 6.45) is 2.39. The molecule has 0 unspecified atom stereocenters. The van der Waals surface area contributed by atoms with E-state index in [9.17, 15) is 4.79 Å². The molecule has 2 saturated heterocycles. The van der Waals surface area contributed by atoms with Gasteiger partial charge in [-0.25, -0.2) is 0 Å². The van der Waals surface area contributed by atoms with Crippen LogP contribution >= 0.6 is 21.6 Å². The van der Waals surface area contributed by atoms with Gasteiger partial charge in [0.2, 0.25) is 5.91 Å². The molecular formula is C9H15NOS2. The average Bonchev–Trinajstić information content (AvgIpc) is 2.73. The lowest BCUT2D eigenvalue weighted by Gasteiger charge is -2.27. The van der Waals surface area contributed by atoms with Crippen LogP contribution in [0.3, 0.4) is 0 Å². The molecule has 0 atom stereocenters. The van der Waals surface area contributed by atoms with E-state index >= 15 is 0 Å². The van der Waals surface area contributed by atoms with Crippen LogP contribution in [0.4, 0.5) is 0 Å². The van der Waals surface area contributed by atoms with Crippen LogP contribution in [0, 0.1) is 5.41 Å². The maximum atomic E-state index is 12.1. The minimum atomic E-state index is -0.0698. The number of amides is 1. The van der Waals surface area contributed by atoms with Crippen molar-refractivity contribution < 1.29 is 4.79 Å². The summed E-state index contributed by atoms with van der Waals surface area (Å²) in [5.74, 6) is 2.38. The Balaban J connectivity index is 2.02. The number of hydrogen-bond donors (Lipinski definition) is 0. The van der Waals surface area contributed by atoms with Gasteiger partial charge < -0.3 is 4.90 Å². The summed E-state index contributed by atoms with van der Waals surface area (Å²) < 4.78 is 0. The molecule has 4 heteroatoms. The van der Waals surface area contributed by atoms with Crippen molar-refractivity contribution in [1.29, 1.82) is 0 Å². The summed E-state index contributed by atoms with van der Waals surface area (Å²) in [6, 6.07) is 0. The van der Waals surface area contributed by atoms with Crippen molar-refractivity contribution in [2.75, 3.05) is 24.6 Å². The summed E-state index contributed by atoms with van der Waals surface area (Å²) in [6.45, 7) is 4.09. The molecule has 0 spiro atoms. The zero-order valence-corrected chi connectivity index (χ0v) is 9.55. The Labute approximate surface area is 87.2 Å². The smallest absolute Gasteiger partial charge is 0.230 e. The molecule has 2 aliphatic rings. The highest BCUT2D eigenvalue weighted by Gasteiger charge is 2.40. The van der Waals surface area contributed by atoms with Crippen LogP contribution in [0.1, 0.15) is 19.8 Å². The van der Waals surface area contributed by atoms with Gasteiger partial charge in [-0.3, -0.25) is 4.79 Å². The highest BCUT2D eigenvalue weighted by Crippen LogP contribution is 2.44. The Hall–Kier alpha value is 0.170. The van der Waals surface area contributed by atoms with Gasteiger partial charge in [0, 0.05) is 24.6 Å². The van der Waals surface area contributed by atoms with Crippen LogP contribution in [0.25, 0.3) is 0 Å². The molecule has 0 aliphatic carbocycles. The van der Waals surface area contributed by atoms with E-state index in [1.807, 2.05) is 26.5 Å². The van der Waals surface area contributed by atoms with E-state index in [2.05, 4.69) is 6.92 Å². The summed E-state index contributed by atoms with van der Waals surface area (Å²) >= 11 is 0. The topological polar surface area (TPSA) is 20.3 Å². The minimum Gasteiger partial charge on any atom is -0.342 e. The third kappa shape index (κ3) is 1.84. The number of hydrogen-bond acceptors (Lipinski definition) is 3. The van der Waals surface area contributed by atoms with E-state index in [-0.39, 0.29) is 5.41 Å². The highest BCUT2D eigenvalue weighted by atomic mass is 33.1. The van der Waals surface area contributed by atoms with E-state index in [0.717, 1.165) is 24.6 Å². The van der Waals surface area contributed by atoms with Gasteiger partial charge in [0.1, 0.15) is 0 Å². The second-order valence-corrected chi connectivity index (χ2v) is 6.55. The van der Waals surface area contributed by atoms with E-state index in [1.54, 1.807) is 0 Å². The van der Waals surface area contributed by atoms with Crippen LogP contribution in [0.5, 0.6) is 0 Å². The maximum absolute atomic E-state index is 12.1. The summed E-state index contributed by atoms with van der Waals surface area (Å²) in [5, 5.41) is 0. The molecule has 2 rings (SSSR count). The number of carbonyl (C=O) groups is 1. The summed E-state index contributed by atoms with van der Waals surface area (Å²) in [4.78, 5) is 14.1. The van der Waals surface area contributed by atoms with Crippen LogP contribution < -0.4 is 0 Å². The molecule has 0 N–H and O–H groups in total. The molecule has 0 saturated carbocycles. The lowest BCUT2D eigenvalue weighted by Crippen LogP contribution is -2.42. The predicted octanol–water partition coefficient (Wildman–Crippen LogP) is 2.01. The molecule has 0 aromatic carbocycles. The lowest BCUT2D eigenvalue weighted by atomic mass is 9.94. The number of nitrogens with zero attached hydrogens (tertiary/aromatic N) is 1. The van der Waals surface area contributed by atoms with Gasteiger partial charge in [-0.15, -0.1) is 0 Å². The first kappa shape index (κ1) is 9.71. The fourth-order valence-electron chi connectivity index (χ4n) is 1.81. The zero-order chi connectivity index (χ0) is 9.31. The second kappa shape index (κ2) is 3.73. The predicted molar refractivity (Wildman–Crippen MR) is 58.8 cm³/mol. The molecule has 2 aliphatic heterocycles. The highest BCUT2D eigenvalue weighted by molar-refractivity contribution is 8.77. The Kier molecular flexibility index (Phi) is 2.79. The van der Waals surface area contributed by atoms with E-state index in [1.165, 1.54) is 12.8 Å². The fourth-order valence-corrected chi connectivity index (χ4v) is 5.14. The van der Waals surface area contributed by atoms with Gasteiger partial charge in [-0.1, -0.05) is 21.6 Å². The number of rotatable bonds is 1. The Bertz CT molecular complexity index is 208. The van der Waals surface area contributed by atoms with Crippen LogP contribution in [0.2, 0.25) is 0 Å². The monoisotopic (exact) mass is 217 g/mol. The molecule has 0 aromatic rings. The van der Waals surface area contributed by atoms with Crippen molar-refractivity contribution in [2.24, 2.45) is 5.41 Å². The molecule has 0 aromatic heterocycles. The van der Waals surface area contributed by atoms with E-state index in [4.69, 9.17) is 0 Å². The Morgan fingerprint density at radius 3 is 2.31 bits per heavy atom. The van der Waals surface area contributed by atoms with Crippen molar-refractivity contribution in [3.05, 3.63) is 0 Å². The molecule has 1 amide bonds. The van der Waals surface area contributed by atoms with Gasteiger partial charge >= 0.3 is 0 Å². The van der Waals surface area contributed by atoms with Gasteiger partial charge in [-0.2, -0.15) is 0 Å². The van der Waals surface area contributed by atoms with Gasteiger partial charge in [0.25, 0.3) is 0 Å². The summed E-state index contributed by atoms with van der Waals surface area (Å²) in [5.41, 5.74) is -0.0698. The largest absolute Gasteiger partial charge is 0.342 e. The molecular weight excluding hydrogens is 202 g/mol. The van der Waals surface area contributed by atoms with Crippen LogP contribution in [0.15, 0.2) is 0 Å². The lowest BCUT2D eigenvalue weighted by molar-refractivity contribution is -0.137. The third-order valence-electron chi connectivity index (χ3n) is 2.75. The maximum Gasteiger partial charge on any atom is 0.230 e. The van der Waals surface area contributed by atoms with Crippen molar-refractivity contribution in [3.8, 4) is 0 Å². The van der Waals surface area contributed by atoms with Crippen LogP contribution in [-0.4, -0.2) is 35.4 Å². The zero-order valence-electron chi connectivity index (χ0n) is 7.91. The first-order chi connectivity index (χ1) is 6.22. The van der Waals surface area contributed by atoms with Crippen molar-refractivity contribution in [3.63, 3.8) is 0 Å². The average molecular weight is 217 g/mol. The Morgan fingerprint density at radius 2 is 1.77 bits per heavy atom. The van der Waals surface area contributed by atoms with Crippen molar-refractivity contribution >= 4 is 27.5 Å². The molecule has 0 radical (unpaired) electrons. The molecule has 2 fully saturated rings. The molecule has 0 bridgehead atoms. The van der Waals surface area contributed by atoms with Gasteiger partial charge in [0.15, 0.2) is 0 Å². The molecule has 13 heavy (non-hydrogen) atoms. The van der Waals surface area contributed by atoms with Crippen molar-refractivity contribution in [1.82, 2.24) is 4.90 Å². The SMILES string of the molecule is CC1(C(=O)N2CCCC2)CSSC1. The number of likely N-dealkylation sites (tertiary alicyclic amines) is 1. The standard InChI is InChI=1S/C9H15NOS2/c1-9(6-12-13-7-9)8(11)10-4-2-3-5-10/h2-7H2,1H3. The van der Waals surface area contributed by atoms with E-state index in [0.29, 0.717) is 5.91 Å². The first-order valence-electron chi connectivity index (χ1n) is 4.76. The van der Waals surface area contributed by atoms with Gasteiger partial charge in [0.05, 0.1) is 5.41 Å². The first-order valence-corrected chi connectivity index (χ1v) is 7.25. The van der Waals surface area contributed by atoms with Crippen molar-refractivity contribution in [2.45, 2.75) is 19.8 Å². The summed E-state index contributed by atoms with van der Waals surface area (Å²) in [7, 11) is 3.67. The third-order valence-corrected chi connectivity index (χ3v) is 5.63. The van der Waals surface area contributed by atoms with Gasteiger partial charge in [-0.05, 0) is 19.8 Å². The molecule has 2 heterocycles. The van der Waals surface area contributed by atoms with Crippen LogP contribution in [-0.2, 0) is 4.79 Å². The molecule has 2 nitrogen and oxygen atoms in total.